The highest BCUT2D eigenvalue weighted by Crippen LogP contribution is 2.71. The Hall–Kier alpha value is -1.59. The van der Waals surface area contributed by atoms with E-state index >= 15 is 0 Å². The number of hydrogen-bond acceptors (Lipinski definition) is 9. The van der Waals surface area contributed by atoms with Crippen molar-refractivity contribution >= 4 is 0 Å². The van der Waals surface area contributed by atoms with E-state index in [9.17, 15) is 20.1 Å². The van der Waals surface area contributed by atoms with E-state index in [1.165, 1.54) is 11.6 Å². The molecule has 1 aliphatic heterocycles. The molecule has 4 fully saturated rings. The zero-order valence-corrected chi connectivity index (χ0v) is 24.7. The molecular formula is C32H46O9. The summed E-state index contributed by atoms with van der Waals surface area (Å²) in [6.45, 7) is 6.72. The van der Waals surface area contributed by atoms with Crippen LogP contribution in [0.1, 0.15) is 83.6 Å². The molecule has 1 aromatic rings. The van der Waals surface area contributed by atoms with Gasteiger partial charge >= 0.3 is 5.63 Å². The highest BCUT2D eigenvalue weighted by molar-refractivity contribution is 5.31. The lowest BCUT2D eigenvalue weighted by molar-refractivity contribution is -0.301. The molecule has 0 spiro atoms. The van der Waals surface area contributed by atoms with Crippen molar-refractivity contribution in [3.05, 3.63) is 46.0 Å². The van der Waals surface area contributed by atoms with Gasteiger partial charge in [0.1, 0.15) is 25.1 Å². The van der Waals surface area contributed by atoms with Crippen LogP contribution in [0.2, 0.25) is 0 Å². The summed E-state index contributed by atoms with van der Waals surface area (Å²) in [6.07, 6.45) is 6.05. The molecule has 3 N–H and O–H groups in total. The highest BCUT2D eigenvalue weighted by Gasteiger charge is 2.68. The van der Waals surface area contributed by atoms with Crippen molar-refractivity contribution in [3.8, 4) is 0 Å². The summed E-state index contributed by atoms with van der Waals surface area (Å²) in [5.41, 5.74) is 1.73. The Bertz CT molecular complexity index is 1180. The van der Waals surface area contributed by atoms with Crippen LogP contribution in [0.4, 0.5) is 0 Å². The second-order valence-electron chi connectivity index (χ2n) is 13.6. The first kappa shape index (κ1) is 29.5. The maximum absolute atomic E-state index is 11.7. The minimum atomic E-state index is -1.30. The Morgan fingerprint density at radius 2 is 1.78 bits per heavy atom. The van der Waals surface area contributed by atoms with Crippen LogP contribution in [0.25, 0.3) is 0 Å². The summed E-state index contributed by atoms with van der Waals surface area (Å²) in [5, 5.41) is 30.8. The van der Waals surface area contributed by atoms with E-state index in [-0.39, 0.29) is 40.9 Å². The number of aliphatic hydroxyl groups is 3. The number of rotatable bonds is 6. The average molecular weight is 575 g/mol. The van der Waals surface area contributed by atoms with Crippen LogP contribution < -0.4 is 5.63 Å². The van der Waals surface area contributed by atoms with E-state index in [1.54, 1.807) is 20.3 Å². The molecule has 3 saturated carbocycles. The molecule has 0 aromatic carbocycles. The van der Waals surface area contributed by atoms with E-state index in [1.807, 2.05) is 6.07 Å². The van der Waals surface area contributed by atoms with Gasteiger partial charge in [0.2, 0.25) is 0 Å². The number of ether oxygens (including phenoxy) is 4. The van der Waals surface area contributed by atoms with Gasteiger partial charge in [0.15, 0.2) is 6.29 Å². The molecule has 0 radical (unpaired) electrons. The monoisotopic (exact) mass is 574 g/mol. The van der Waals surface area contributed by atoms with Crippen molar-refractivity contribution < 1.29 is 38.7 Å². The Balaban J connectivity index is 1.25. The largest absolute Gasteiger partial charge is 0.431 e. The van der Waals surface area contributed by atoms with Crippen LogP contribution in [0.15, 0.2) is 39.3 Å². The summed E-state index contributed by atoms with van der Waals surface area (Å²) in [5.74, 6) is 1.07. The molecule has 9 heteroatoms. The van der Waals surface area contributed by atoms with Gasteiger partial charge in [-0.1, -0.05) is 25.5 Å². The second kappa shape index (κ2) is 10.8. The fraction of sp³-hybridized carbons (Fsp3) is 0.781. The molecule has 0 unspecified atom stereocenters. The number of allylic oxidation sites excluding steroid dienone is 1. The van der Waals surface area contributed by atoms with Crippen LogP contribution in [-0.2, 0) is 18.9 Å². The molecule has 5 aliphatic rings. The Kier molecular flexibility index (Phi) is 7.80. The molecule has 0 amide bonds. The Morgan fingerprint density at radius 3 is 2.51 bits per heavy atom. The predicted octanol–water partition coefficient (Wildman–Crippen LogP) is 3.64. The molecule has 1 aromatic heterocycles. The zero-order chi connectivity index (χ0) is 29.2. The molecule has 228 valence electrons. The smallest absolute Gasteiger partial charge is 0.335 e. The summed E-state index contributed by atoms with van der Waals surface area (Å²) in [7, 11) is 1.68. The molecule has 12 atom stereocenters. The van der Waals surface area contributed by atoms with Crippen molar-refractivity contribution in [3.63, 3.8) is 0 Å². The molecule has 4 aliphatic carbocycles. The average Bonchev–Trinajstić information content (AvgIpc) is 3.27. The summed E-state index contributed by atoms with van der Waals surface area (Å²) in [6, 6.07) is 3.46. The highest BCUT2D eigenvalue weighted by atomic mass is 16.7. The Labute approximate surface area is 241 Å². The minimum absolute atomic E-state index is 0.0141. The first-order valence-corrected chi connectivity index (χ1v) is 15.3. The normalized spacial score (nSPS) is 47.7. The van der Waals surface area contributed by atoms with E-state index in [0.717, 1.165) is 56.9 Å². The van der Waals surface area contributed by atoms with E-state index in [2.05, 4.69) is 19.9 Å². The molecular weight excluding hydrogens is 528 g/mol. The first-order valence-electron chi connectivity index (χ1n) is 15.3. The fourth-order valence-corrected chi connectivity index (χ4v) is 9.65. The van der Waals surface area contributed by atoms with Crippen LogP contribution in [0, 0.1) is 22.7 Å². The van der Waals surface area contributed by atoms with Gasteiger partial charge in [0.05, 0.1) is 24.1 Å². The molecule has 2 heterocycles. The van der Waals surface area contributed by atoms with Crippen molar-refractivity contribution in [1.82, 2.24) is 0 Å². The third-order valence-electron chi connectivity index (χ3n) is 11.9. The van der Waals surface area contributed by atoms with Crippen LogP contribution in [0.5, 0.6) is 0 Å². The number of fused-ring (bicyclic) bond motifs is 5. The zero-order valence-electron chi connectivity index (χ0n) is 24.7. The maximum atomic E-state index is 11.7. The SMILES string of the molecule is COCO[C@]12CC[C@H](c3ccc(=O)oc3)[C@@]1(C)CC[C@H]1[C@H]2CCC2=C[C@@H](O[C@@H]3O[C@@H](C)[C@H](O)[C@@H](O)[C@H]3O)CC[C@@]21C. The molecule has 6 rings (SSSR count). The van der Waals surface area contributed by atoms with Crippen molar-refractivity contribution in [1.29, 1.82) is 0 Å². The second-order valence-corrected chi connectivity index (χ2v) is 13.6. The van der Waals surface area contributed by atoms with Gasteiger partial charge in [-0.15, -0.1) is 0 Å². The number of methoxy groups -OCH3 is 1. The lowest BCUT2D eigenvalue weighted by atomic mass is 9.45. The minimum Gasteiger partial charge on any atom is -0.431 e. The fourth-order valence-electron chi connectivity index (χ4n) is 9.65. The lowest BCUT2D eigenvalue weighted by Crippen LogP contribution is -2.62. The lowest BCUT2D eigenvalue weighted by Gasteiger charge is -2.63. The summed E-state index contributed by atoms with van der Waals surface area (Å²) >= 11 is 0. The third kappa shape index (κ3) is 4.58. The van der Waals surface area contributed by atoms with Gasteiger partial charge in [-0.3, -0.25) is 0 Å². The standard InChI is InChI=1S/C32H46O9/c1-18-26(34)27(35)28(36)29(40-18)41-21-9-12-30(2)20(15-21)6-7-24-23(30)10-13-31(3)22(19-5-8-25(33)38-16-19)11-14-32(24,31)39-17-37-4/h5,8,15-16,18,21-24,26-29,34-36H,6-7,9-14,17H2,1-4H3/t18-,21-,22+,23-,24+,26-,27+,28+,29-,30-,31+,32-/m0/s1. The maximum Gasteiger partial charge on any atom is 0.335 e. The van der Waals surface area contributed by atoms with Crippen LogP contribution >= 0.6 is 0 Å². The van der Waals surface area contributed by atoms with Gasteiger partial charge in [0.25, 0.3) is 0 Å². The first-order chi connectivity index (χ1) is 19.5. The van der Waals surface area contributed by atoms with Gasteiger partial charge in [-0.2, -0.15) is 0 Å². The van der Waals surface area contributed by atoms with Crippen molar-refractivity contribution in [2.24, 2.45) is 22.7 Å². The quantitative estimate of drug-likeness (QED) is 0.345. The molecule has 9 nitrogen and oxygen atoms in total. The molecule has 41 heavy (non-hydrogen) atoms. The van der Waals surface area contributed by atoms with E-state index in [4.69, 9.17) is 23.4 Å². The molecule has 0 bridgehead atoms. The van der Waals surface area contributed by atoms with Crippen LogP contribution in [0.3, 0.4) is 0 Å². The summed E-state index contributed by atoms with van der Waals surface area (Å²) in [4.78, 5) is 11.7. The van der Waals surface area contributed by atoms with Crippen LogP contribution in [-0.4, -0.2) is 71.6 Å². The van der Waals surface area contributed by atoms with E-state index in [0.29, 0.717) is 11.8 Å². The van der Waals surface area contributed by atoms with Crippen molar-refractivity contribution in [2.75, 3.05) is 13.9 Å². The number of aliphatic hydroxyl groups excluding tert-OH is 3. The topological polar surface area (TPSA) is 128 Å². The van der Waals surface area contributed by atoms with Gasteiger partial charge in [-0.05, 0) is 93.1 Å². The van der Waals surface area contributed by atoms with Crippen molar-refractivity contribution in [2.45, 2.75) is 120 Å². The van der Waals surface area contributed by atoms with E-state index < -0.39 is 30.7 Å². The predicted molar refractivity (Wildman–Crippen MR) is 149 cm³/mol. The third-order valence-corrected chi connectivity index (χ3v) is 11.9. The van der Waals surface area contributed by atoms with Gasteiger partial charge in [0, 0.05) is 18.6 Å². The van der Waals surface area contributed by atoms with Gasteiger partial charge in [-0.25, -0.2) is 4.79 Å². The number of hydrogen-bond donors (Lipinski definition) is 3. The Morgan fingerprint density at radius 1 is 0.976 bits per heavy atom. The summed E-state index contributed by atoms with van der Waals surface area (Å²) < 4.78 is 29.6. The van der Waals surface area contributed by atoms with Gasteiger partial charge < -0.3 is 38.7 Å². The molecule has 1 saturated heterocycles.